The predicted molar refractivity (Wildman–Crippen MR) is 70.7 cm³/mol. The maximum Gasteiger partial charge on any atom is 0.155 e. The van der Waals surface area contributed by atoms with Crippen molar-refractivity contribution in [1.82, 2.24) is 25.1 Å². The molecular weight excluding hydrogens is 240 g/mol. The molecule has 1 aliphatic rings. The van der Waals surface area contributed by atoms with Gasteiger partial charge >= 0.3 is 0 Å². The molecule has 0 saturated carbocycles. The molecule has 1 aliphatic heterocycles. The molecule has 3 aromatic rings. The summed E-state index contributed by atoms with van der Waals surface area (Å²) in [5.74, 6) is 0.966. The molecule has 6 nitrogen and oxygen atoms in total. The van der Waals surface area contributed by atoms with Crippen molar-refractivity contribution in [3.63, 3.8) is 0 Å². The van der Waals surface area contributed by atoms with Gasteiger partial charge in [0.25, 0.3) is 0 Å². The average Bonchev–Trinajstić information content (AvgIpc) is 2.96. The third kappa shape index (κ3) is 1.64. The molecular formula is C13H12N6. The molecule has 3 aromatic heterocycles. The first-order chi connectivity index (χ1) is 9.42. The minimum absolute atomic E-state index is 0.834. The molecule has 6 heteroatoms. The fraction of sp³-hybridized carbons (Fsp3) is 0.231. The van der Waals surface area contributed by atoms with Gasteiger partial charge in [0.1, 0.15) is 12.1 Å². The Bertz CT molecular complexity index is 720. The lowest BCUT2D eigenvalue weighted by Gasteiger charge is -2.29. The molecule has 0 amide bonds. The summed E-state index contributed by atoms with van der Waals surface area (Å²) >= 11 is 0. The quantitative estimate of drug-likeness (QED) is 0.707. The fourth-order valence-electron chi connectivity index (χ4n) is 2.62. The van der Waals surface area contributed by atoms with Crippen LogP contribution in [0, 0.1) is 0 Å². The SMILES string of the molecule is c1cc(N2CCc3c(cnc4[nH]ncc34)C2)ncn1. The molecule has 19 heavy (non-hydrogen) atoms. The Hall–Kier alpha value is -2.50. The number of nitrogens with zero attached hydrogens (tertiary/aromatic N) is 5. The number of H-pyrrole nitrogens is 1. The topological polar surface area (TPSA) is 70.6 Å². The van der Waals surface area contributed by atoms with Crippen LogP contribution < -0.4 is 4.90 Å². The minimum Gasteiger partial charge on any atom is -0.352 e. The standard InChI is InChI=1S/C13H12N6/c1-3-14-8-16-12(1)19-4-2-10-9(7-19)5-15-13-11(10)6-17-18-13/h1,3,5-6,8H,2,4,7H2,(H,15,17,18). The van der Waals surface area contributed by atoms with E-state index in [2.05, 4.69) is 30.0 Å². The third-order valence-electron chi connectivity index (χ3n) is 3.56. The summed E-state index contributed by atoms with van der Waals surface area (Å²) in [6.07, 6.45) is 8.14. The average molecular weight is 252 g/mol. The minimum atomic E-state index is 0.834. The van der Waals surface area contributed by atoms with E-state index in [1.165, 1.54) is 11.1 Å². The van der Waals surface area contributed by atoms with Gasteiger partial charge in [-0.1, -0.05) is 0 Å². The van der Waals surface area contributed by atoms with E-state index in [0.717, 1.165) is 36.4 Å². The van der Waals surface area contributed by atoms with Gasteiger partial charge in [0.05, 0.1) is 6.20 Å². The van der Waals surface area contributed by atoms with E-state index in [1.807, 2.05) is 18.5 Å². The molecule has 0 fully saturated rings. The van der Waals surface area contributed by atoms with Gasteiger partial charge in [0, 0.05) is 30.9 Å². The van der Waals surface area contributed by atoms with Gasteiger partial charge in [-0.25, -0.2) is 15.0 Å². The van der Waals surface area contributed by atoms with E-state index in [0.29, 0.717) is 0 Å². The van der Waals surface area contributed by atoms with Crippen molar-refractivity contribution in [3.8, 4) is 0 Å². The number of fused-ring (bicyclic) bond motifs is 3. The number of hydrogen-bond donors (Lipinski definition) is 1. The van der Waals surface area contributed by atoms with Gasteiger partial charge in [0.15, 0.2) is 5.65 Å². The van der Waals surface area contributed by atoms with E-state index in [1.54, 1.807) is 12.5 Å². The van der Waals surface area contributed by atoms with Crippen molar-refractivity contribution in [3.05, 3.63) is 42.1 Å². The van der Waals surface area contributed by atoms with E-state index in [-0.39, 0.29) is 0 Å². The molecule has 0 aromatic carbocycles. The molecule has 1 N–H and O–H groups in total. The molecule has 4 heterocycles. The van der Waals surface area contributed by atoms with Crippen molar-refractivity contribution in [1.29, 1.82) is 0 Å². The summed E-state index contributed by atoms with van der Waals surface area (Å²) < 4.78 is 0. The zero-order valence-electron chi connectivity index (χ0n) is 10.2. The molecule has 0 atom stereocenters. The van der Waals surface area contributed by atoms with Crippen LogP contribution in [0.25, 0.3) is 11.0 Å². The first-order valence-electron chi connectivity index (χ1n) is 6.22. The van der Waals surface area contributed by atoms with Gasteiger partial charge in [0.2, 0.25) is 0 Å². The van der Waals surface area contributed by atoms with Crippen LogP contribution in [0.2, 0.25) is 0 Å². The van der Waals surface area contributed by atoms with Gasteiger partial charge in [-0.05, 0) is 23.6 Å². The highest BCUT2D eigenvalue weighted by Gasteiger charge is 2.20. The second kappa shape index (κ2) is 4.01. The zero-order valence-corrected chi connectivity index (χ0v) is 10.2. The molecule has 0 spiro atoms. The van der Waals surface area contributed by atoms with Crippen LogP contribution in [-0.2, 0) is 13.0 Å². The number of nitrogens with one attached hydrogen (secondary N) is 1. The molecule has 0 radical (unpaired) electrons. The van der Waals surface area contributed by atoms with Crippen LogP contribution in [0.3, 0.4) is 0 Å². The highest BCUT2D eigenvalue weighted by atomic mass is 15.2. The predicted octanol–water partition coefficient (Wildman–Crippen LogP) is 1.31. The Labute approximate surface area is 109 Å². The van der Waals surface area contributed by atoms with E-state index in [9.17, 15) is 0 Å². The zero-order chi connectivity index (χ0) is 12.7. The van der Waals surface area contributed by atoms with Crippen molar-refractivity contribution >= 4 is 16.9 Å². The lowest BCUT2D eigenvalue weighted by Crippen LogP contribution is -2.31. The fourth-order valence-corrected chi connectivity index (χ4v) is 2.62. The summed E-state index contributed by atoms with van der Waals surface area (Å²) in [5.41, 5.74) is 3.47. The first kappa shape index (κ1) is 10.4. The highest BCUT2D eigenvalue weighted by molar-refractivity contribution is 5.79. The molecule has 0 bridgehead atoms. The number of aromatic nitrogens is 5. The van der Waals surface area contributed by atoms with E-state index >= 15 is 0 Å². The number of anilines is 1. The Morgan fingerprint density at radius 2 is 2.21 bits per heavy atom. The van der Waals surface area contributed by atoms with Gasteiger partial charge in [-0.15, -0.1) is 0 Å². The number of pyridine rings is 1. The smallest absolute Gasteiger partial charge is 0.155 e. The monoisotopic (exact) mass is 252 g/mol. The van der Waals surface area contributed by atoms with Crippen molar-refractivity contribution in [2.24, 2.45) is 0 Å². The van der Waals surface area contributed by atoms with Gasteiger partial charge in [-0.2, -0.15) is 5.10 Å². The summed E-state index contributed by atoms with van der Waals surface area (Å²) in [6.45, 7) is 1.79. The second-order valence-electron chi connectivity index (χ2n) is 4.63. The van der Waals surface area contributed by atoms with Gasteiger partial charge < -0.3 is 4.90 Å². The normalized spacial score (nSPS) is 14.6. The Kier molecular flexibility index (Phi) is 2.20. The lowest BCUT2D eigenvalue weighted by atomic mass is 9.99. The maximum absolute atomic E-state index is 4.41. The van der Waals surface area contributed by atoms with E-state index < -0.39 is 0 Å². The highest BCUT2D eigenvalue weighted by Crippen LogP contribution is 2.26. The van der Waals surface area contributed by atoms with Crippen molar-refractivity contribution in [2.75, 3.05) is 11.4 Å². The summed E-state index contributed by atoms with van der Waals surface area (Å²) in [5, 5.41) is 8.12. The molecule has 94 valence electrons. The summed E-state index contributed by atoms with van der Waals surface area (Å²) in [6, 6.07) is 1.94. The van der Waals surface area contributed by atoms with Crippen LogP contribution >= 0.6 is 0 Å². The molecule has 0 aliphatic carbocycles. The van der Waals surface area contributed by atoms with E-state index in [4.69, 9.17) is 0 Å². The summed E-state index contributed by atoms with van der Waals surface area (Å²) in [4.78, 5) is 14.9. The second-order valence-corrected chi connectivity index (χ2v) is 4.63. The summed E-state index contributed by atoms with van der Waals surface area (Å²) in [7, 11) is 0. The van der Waals surface area contributed by atoms with Crippen LogP contribution in [0.15, 0.2) is 31.0 Å². The lowest BCUT2D eigenvalue weighted by molar-refractivity contribution is 0.720. The number of aromatic amines is 1. The van der Waals surface area contributed by atoms with Crippen molar-refractivity contribution < 1.29 is 0 Å². The van der Waals surface area contributed by atoms with Crippen LogP contribution in [0.4, 0.5) is 5.82 Å². The van der Waals surface area contributed by atoms with Crippen molar-refractivity contribution in [2.45, 2.75) is 13.0 Å². The van der Waals surface area contributed by atoms with Crippen LogP contribution in [0.1, 0.15) is 11.1 Å². The molecule has 4 rings (SSSR count). The third-order valence-corrected chi connectivity index (χ3v) is 3.56. The Morgan fingerprint density at radius 3 is 3.11 bits per heavy atom. The molecule has 0 unspecified atom stereocenters. The Balaban J connectivity index is 1.74. The first-order valence-corrected chi connectivity index (χ1v) is 6.22. The Morgan fingerprint density at radius 1 is 1.21 bits per heavy atom. The number of rotatable bonds is 1. The van der Waals surface area contributed by atoms with Gasteiger partial charge in [-0.3, -0.25) is 5.10 Å². The maximum atomic E-state index is 4.41. The largest absolute Gasteiger partial charge is 0.352 e. The van der Waals surface area contributed by atoms with Crippen LogP contribution in [-0.4, -0.2) is 31.7 Å². The molecule has 0 saturated heterocycles. The van der Waals surface area contributed by atoms with Crippen LogP contribution in [0.5, 0.6) is 0 Å². The number of hydrogen-bond acceptors (Lipinski definition) is 5.